The number of benzene rings is 3. The fourth-order valence-electron chi connectivity index (χ4n) is 7.06. The molecule has 5 atom stereocenters. The number of aliphatic hydroxyl groups is 2. The number of phenols is 1. The molecule has 7 heteroatoms. The number of ketones is 2. The normalized spacial score (nSPS) is 28.1. The summed E-state index contributed by atoms with van der Waals surface area (Å²) in [5, 5.41) is 33.1. The van der Waals surface area contributed by atoms with Gasteiger partial charge in [0.15, 0.2) is 11.6 Å². The zero-order valence-corrected chi connectivity index (χ0v) is 24.4. The van der Waals surface area contributed by atoms with E-state index in [1.54, 1.807) is 25.1 Å². The van der Waals surface area contributed by atoms with Gasteiger partial charge in [-0.1, -0.05) is 67.7 Å². The molecule has 3 aromatic rings. The van der Waals surface area contributed by atoms with Crippen molar-refractivity contribution < 1.29 is 29.6 Å². The molecule has 1 aliphatic heterocycles. The van der Waals surface area contributed by atoms with Gasteiger partial charge in [-0.2, -0.15) is 0 Å². The first kappa shape index (κ1) is 27.1. The molecule has 1 fully saturated rings. The summed E-state index contributed by atoms with van der Waals surface area (Å²) in [6, 6.07) is 17.7. The van der Waals surface area contributed by atoms with Gasteiger partial charge in [-0.15, -0.1) is 0 Å². The first-order valence-electron chi connectivity index (χ1n) is 14.1. The van der Waals surface area contributed by atoms with Gasteiger partial charge in [0.2, 0.25) is 0 Å². The van der Waals surface area contributed by atoms with Crippen LogP contribution >= 0.6 is 0 Å². The Morgan fingerprint density at radius 2 is 1.57 bits per heavy atom. The number of carbonyl (C=O) groups is 2. The van der Waals surface area contributed by atoms with E-state index in [0.717, 1.165) is 30.4 Å². The Morgan fingerprint density at radius 3 is 2.27 bits per heavy atom. The van der Waals surface area contributed by atoms with Gasteiger partial charge in [0.1, 0.15) is 11.9 Å². The number of aromatic hydroxyl groups is 1. The largest absolute Gasteiger partial charge is 0.507 e. The Balaban J connectivity index is 1.37. The lowest BCUT2D eigenvalue weighted by Crippen LogP contribution is -2.53. The summed E-state index contributed by atoms with van der Waals surface area (Å²) in [5.41, 5.74) is 3.43. The van der Waals surface area contributed by atoms with Crippen LogP contribution in [0.5, 0.6) is 5.75 Å². The topological polar surface area (TPSA) is 104 Å². The van der Waals surface area contributed by atoms with Gasteiger partial charge in [-0.25, -0.2) is 0 Å². The maximum Gasteiger partial charge on any atom is 0.198 e. The average Bonchev–Trinajstić information content (AvgIpc) is 2.94. The van der Waals surface area contributed by atoms with Crippen LogP contribution in [-0.2, 0) is 17.6 Å². The first-order chi connectivity index (χ1) is 18.9. The van der Waals surface area contributed by atoms with E-state index in [-0.39, 0.29) is 39.9 Å². The monoisotopic (exact) mass is 556 g/mol. The molecule has 0 bridgehead atoms. The summed E-state index contributed by atoms with van der Waals surface area (Å²) < 4.78 is 5.85. The predicted octanol–water partition coefficient (Wildman–Crippen LogP) is 4.60. The molecule has 1 saturated heterocycles. The van der Waals surface area contributed by atoms with E-state index in [4.69, 9.17) is 4.74 Å². The smallest absolute Gasteiger partial charge is 0.198 e. The lowest BCUT2D eigenvalue weighted by atomic mass is 9.74. The van der Waals surface area contributed by atoms with E-state index in [1.807, 2.05) is 6.07 Å². The molecule has 0 saturated carbocycles. The maximum absolute atomic E-state index is 13.9. The van der Waals surface area contributed by atoms with Crippen LogP contribution in [0, 0.1) is 0 Å². The SMILES string of the molecule is C[C@H]1O[C@@H](c2ccc3c(c2O)C(=O)c2ccc4c(c2C3=O)CCC(C)([Si](C)(C)c2ccccc2)C4)C[C@@H](O)[C@@H]1O. The Morgan fingerprint density at radius 1 is 0.925 bits per heavy atom. The third-order valence-electron chi connectivity index (χ3n) is 10.1. The van der Waals surface area contributed by atoms with Crippen molar-refractivity contribution in [3.05, 3.63) is 93.5 Å². The lowest BCUT2D eigenvalue weighted by molar-refractivity contribution is -0.163. The van der Waals surface area contributed by atoms with Gasteiger partial charge in [0, 0.05) is 28.7 Å². The zero-order chi connectivity index (χ0) is 28.6. The molecule has 40 heavy (non-hydrogen) atoms. The zero-order valence-electron chi connectivity index (χ0n) is 23.4. The molecule has 208 valence electrons. The number of ether oxygens (including phenoxy) is 1. The van der Waals surface area contributed by atoms with Gasteiger partial charge in [-0.05, 0) is 54.5 Å². The molecule has 6 nitrogen and oxygen atoms in total. The Hall–Kier alpha value is -3.10. The van der Waals surface area contributed by atoms with E-state index in [2.05, 4.69) is 50.3 Å². The minimum Gasteiger partial charge on any atom is -0.507 e. The molecule has 6 rings (SSSR count). The quantitative estimate of drug-likeness (QED) is 0.319. The molecule has 3 aliphatic rings. The third kappa shape index (κ3) is 3.94. The Kier molecular flexibility index (Phi) is 6.42. The second kappa shape index (κ2) is 9.48. The van der Waals surface area contributed by atoms with E-state index in [0.29, 0.717) is 16.7 Å². The van der Waals surface area contributed by atoms with Crippen molar-refractivity contribution in [2.24, 2.45) is 0 Å². The molecular formula is C33H36O6Si. The molecule has 3 aromatic carbocycles. The number of hydrogen-bond donors (Lipinski definition) is 3. The van der Waals surface area contributed by atoms with Crippen molar-refractivity contribution in [3.63, 3.8) is 0 Å². The van der Waals surface area contributed by atoms with Crippen LogP contribution in [0.3, 0.4) is 0 Å². The number of carbonyl (C=O) groups excluding carboxylic acids is 2. The Labute approximate surface area is 235 Å². The van der Waals surface area contributed by atoms with Crippen molar-refractivity contribution >= 4 is 24.8 Å². The summed E-state index contributed by atoms with van der Waals surface area (Å²) in [4.78, 5) is 27.7. The first-order valence-corrected chi connectivity index (χ1v) is 17.1. The van der Waals surface area contributed by atoms with E-state index >= 15 is 0 Å². The number of hydrogen-bond acceptors (Lipinski definition) is 6. The Bertz CT molecular complexity index is 1520. The fourth-order valence-corrected chi connectivity index (χ4v) is 10.2. The standard InChI is InChI=1S/C33H36O6Si/c1-18-29(35)25(34)16-26(39-18)22-12-13-24-28(30(22)36)32(38)23-11-10-19-17-33(2,15-14-21(19)27(23)31(24)37)40(3,4)20-8-6-5-7-9-20/h5-13,18,25-26,29,34-36H,14-17H2,1-4H3/t18-,25-,26-,29-,33?/m1/s1. The van der Waals surface area contributed by atoms with Crippen LogP contribution in [0.15, 0.2) is 54.6 Å². The average molecular weight is 557 g/mol. The molecule has 1 unspecified atom stereocenters. The summed E-state index contributed by atoms with van der Waals surface area (Å²) in [7, 11) is -1.87. The third-order valence-corrected chi connectivity index (χ3v) is 15.4. The highest BCUT2D eigenvalue weighted by molar-refractivity contribution is 6.92. The number of rotatable bonds is 3. The van der Waals surface area contributed by atoms with Gasteiger partial charge in [-0.3, -0.25) is 9.59 Å². The van der Waals surface area contributed by atoms with Crippen LogP contribution in [0.4, 0.5) is 0 Å². The fraction of sp³-hybridized carbons (Fsp3) is 0.394. The van der Waals surface area contributed by atoms with Gasteiger partial charge < -0.3 is 20.1 Å². The van der Waals surface area contributed by atoms with Crippen molar-refractivity contribution in [1.82, 2.24) is 0 Å². The van der Waals surface area contributed by atoms with E-state index < -0.39 is 32.5 Å². The molecule has 0 aromatic heterocycles. The molecule has 1 heterocycles. The summed E-state index contributed by atoms with van der Waals surface area (Å²) >= 11 is 0. The minimum atomic E-state index is -1.87. The summed E-state index contributed by atoms with van der Waals surface area (Å²) in [5.74, 6) is -0.897. The van der Waals surface area contributed by atoms with Crippen LogP contribution in [0.2, 0.25) is 18.1 Å². The van der Waals surface area contributed by atoms with Crippen molar-refractivity contribution in [2.75, 3.05) is 0 Å². The predicted molar refractivity (Wildman–Crippen MR) is 155 cm³/mol. The molecule has 0 amide bonds. The van der Waals surface area contributed by atoms with Gasteiger partial charge in [0.05, 0.1) is 31.9 Å². The van der Waals surface area contributed by atoms with E-state index in [1.165, 1.54) is 5.19 Å². The summed E-state index contributed by atoms with van der Waals surface area (Å²) in [6.45, 7) is 8.87. The maximum atomic E-state index is 13.9. The highest BCUT2D eigenvalue weighted by Gasteiger charge is 2.47. The molecular weight excluding hydrogens is 520 g/mol. The van der Waals surface area contributed by atoms with Gasteiger partial charge >= 0.3 is 0 Å². The van der Waals surface area contributed by atoms with Gasteiger partial charge in [0.25, 0.3) is 0 Å². The van der Waals surface area contributed by atoms with Crippen LogP contribution in [0.25, 0.3) is 0 Å². The second-order valence-electron chi connectivity index (χ2n) is 12.6. The minimum absolute atomic E-state index is 0.00918. The van der Waals surface area contributed by atoms with E-state index in [9.17, 15) is 24.9 Å². The van der Waals surface area contributed by atoms with Crippen molar-refractivity contribution in [1.29, 1.82) is 0 Å². The second-order valence-corrected chi connectivity index (χ2v) is 17.6. The van der Waals surface area contributed by atoms with Crippen molar-refractivity contribution in [3.8, 4) is 5.75 Å². The van der Waals surface area contributed by atoms with Crippen molar-refractivity contribution in [2.45, 2.75) is 82.1 Å². The van der Waals surface area contributed by atoms with Crippen LogP contribution < -0.4 is 5.19 Å². The molecule has 0 spiro atoms. The highest BCUT2D eigenvalue weighted by atomic mass is 28.3. The number of phenolic OH excluding ortho intramolecular Hbond substituents is 1. The molecule has 3 N–H and O–H groups in total. The summed E-state index contributed by atoms with van der Waals surface area (Å²) in [6.07, 6.45) is -0.802. The van der Waals surface area contributed by atoms with Crippen LogP contribution in [-0.4, -0.2) is 53.3 Å². The number of aliphatic hydroxyl groups excluding tert-OH is 2. The molecule has 0 radical (unpaired) electrons. The number of fused-ring (bicyclic) bond motifs is 4. The van der Waals surface area contributed by atoms with Crippen LogP contribution in [0.1, 0.15) is 81.3 Å². The molecule has 2 aliphatic carbocycles. The lowest BCUT2D eigenvalue weighted by Gasteiger charge is -2.47. The highest BCUT2D eigenvalue weighted by Crippen LogP contribution is 2.50.